The zero-order valence-corrected chi connectivity index (χ0v) is 14.7. The van der Waals surface area contributed by atoms with E-state index in [9.17, 15) is 8.42 Å². The number of benzene rings is 1. The van der Waals surface area contributed by atoms with E-state index < -0.39 is 10.0 Å². The minimum atomic E-state index is -3.49. The lowest BCUT2D eigenvalue weighted by Gasteiger charge is -2.26. The van der Waals surface area contributed by atoms with E-state index in [1.54, 1.807) is 12.1 Å². The molecule has 1 aliphatic carbocycles. The molecule has 118 valence electrons. The van der Waals surface area contributed by atoms with Crippen molar-refractivity contribution in [2.45, 2.75) is 44.0 Å². The minimum Gasteiger partial charge on any atom is -0.326 e. The van der Waals surface area contributed by atoms with Crippen molar-refractivity contribution in [1.82, 2.24) is 4.72 Å². The molecule has 0 aliphatic heterocycles. The molecule has 0 heterocycles. The van der Waals surface area contributed by atoms with E-state index >= 15 is 0 Å². The monoisotopic (exact) mass is 374 g/mol. The molecule has 0 spiro atoms. The van der Waals surface area contributed by atoms with Crippen LogP contribution in [0.3, 0.4) is 0 Å². The molecule has 0 aromatic heterocycles. The molecule has 1 aromatic rings. The van der Waals surface area contributed by atoms with Crippen LogP contribution in [-0.2, 0) is 16.6 Å². The lowest BCUT2D eigenvalue weighted by atomic mass is 9.83. The first kappa shape index (κ1) is 16.9. The van der Waals surface area contributed by atoms with E-state index in [4.69, 9.17) is 5.73 Å². The molecule has 2 unspecified atom stereocenters. The van der Waals surface area contributed by atoms with Crippen molar-refractivity contribution in [3.63, 3.8) is 0 Å². The van der Waals surface area contributed by atoms with Crippen LogP contribution in [0.4, 0.5) is 0 Å². The molecule has 1 fully saturated rings. The Bertz CT molecular complexity index is 589. The lowest BCUT2D eigenvalue weighted by molar-refractivity contribution is 0.283. The third-order valence-corrected chi connectivity index (χ3v) is 6.55. The summed E-state index contributed by atoms with van der Waals surface area (Å²) in [5.41, 5.74) is 6.40. The molecule has 1 saturated carbocycles. The third-order valence-electron chi connectivity index (χ3n) is 4.13. The summed E-state index contributed by atoms with van der Waals surface area (Å²) in [6, 6.07) is 5.20. The van der Waals surface area contributed by atoms with Crippen molar-refractivity contribution in [2.24, 2.45) is 17.6 Å². The zero-order chi connectivity index (χ0) is 15.5. The fourth-order valence-electron chi connectivity index (χ4n) is 2.93. The van der Waals surface area contributed by atoms with Crippen LogP contribution < -0.4 is 10.5 Å². The van der Waals surface area contributed by atoms with Gasteiger partial charge in [0.2, 0.25) is 10.0 Å². The molecule has 21 heavy (non-hydrogen) atoms. The SMILES string of the molecule is CC1CCCC(CNS(=O)(=O)c2cc(CN)ccc2Br)C1. The lowest BCUT2D eigenvalue weighted by Crippen LogP contribution is -2.31. The molecule has 3 N–H and O–H groups in total. The van der Waals surface area contributed by atoms with E-state index in [-0.39, 0.29) is 4.90 Å². The molecule has 2 rings (SSSR count). The van der Waals surface area contributed by atoms with Gasteiger partial charge >= 0.3 is 0 Å². The maximum absolute atomic E-state index is 12.5. The first-order valence-corrected chi connectivity index (χ1v) is 9.68. The maximum atomic E-state index is 12.5. The Balaban J connectivity index is 2.08. The van der Waals surface area contributed by atoms with Crippen LogP contribution in [-0.4, -0.2) is 15.0 Å². The van der Waals surface area contributed by atoms with Crippen LogP contribution in [0.15, 0.2) is 27.6 Å². The van der Waals surface area contributed by atoms with Crippen LogP contribution in [0.25, 0.3) is 0 Å². The number of rotatable bonds is 5. The van der Waals surface area contributed by atoms with Gasteiger partial charge in [0.15, 0.2) is 0 Å². The molecule has 0 amide bonds. The van der Waals surface area contributed by atoms with Crippen LogP contribution in [0.5, 0.6) is 0 Å². The predicted molar refractivity (Wildman–Crippen MR) is 88.3 cm³/mol. The van der Waals surface area contributed by atoms with Crippen LogP contribution in [0.1, 0.15) is 38.2 Å². The largest absolute Gasteiger partial charge is 0.326 e. The first-order chi connectivity index (χ1) is 9.92. The summed E-state index contributed by atoms with van der Waals surface area (Å²) in [4.78, 5) is 0.273. The molecule has 2 atom stereocenters. The maximum Gasteiger partial charge on any atom is 0.241 e. The Labute approximate surface area is 135 Å². The second kappa shape index (κ2) is 7.22. The second-order valence-corrected chi connectivity index (χ2v) is 8.55. The van der Waals surface area contributed by atoms with Gasteiger partial charge in [-0.2, -0.15) is 0 Å². The fourth-order valence-corrected chi connectivity index (χ4v) is 5.06. The van der Waals surface area contributed by atoms with Crippen molar-refractivity contribution in [3.05, 3.63) is 28.2 Å². The minimum absolute atomic E-state index is 0.273. The smallest absolute Gasteiger partial charge is 0.241 e. The molecule has 1 aromatic carbocycles. The molecule has 0 saturated heterocycles. The van der Waals surface area contributed by atoms with Gasteiger partial charge in [-0.05, 0) is 58.3 Å². The number of nitrogens with one attached hydrogen (secondary N) is 1. The zero-order valence-electron chi connectivity index (χ0n) is 12.3. The Hall–Kier alpha value is -0.430. The van der Waals surface area contributed by atoms with Gasteiger partial charge in [0, 0.05) is 17.6 Å². The van der Waals surface area contributed by atoms with Gasteiger partial charge in [-0.1, -0.05) is 25.8 Å². The molecular formula is C15H23BrN2O2S. The van der Waals surface area contributed by atoms with Gasteiger partial charge in [-0.15, -0.1) is 0 Å². The van der Waals surface area contributed by atoms with Gasteiger partial charge in [-0.3, -0.25) is 0 Å². The summed E-state index contributed by atoms with van der Waals surface area (Å²) in [7, 11) is -3.49. The molecule has 6 heteroatoms. The van der Waals surface area contributed by atoms with E-state index in [1.165, 1.54) is 12.8 Å². The third kappa shape index (κ3) is 4.52. The predicted octanol–water partition coefficient (Wildman–Crippen LogP) is 3.01. The summed E-state index contributed by atoms with van der Waals surface area (Å²) in [5, 5.41) is 0. The number of hydrogen-bond donors (Lipinski definition) is 2. The van der Waals surface area contributed by atoms with Gasteiger partial charge in [-0.25, -0.2) is 13.1 Å². The highest BCUT2D eigenvalue weighted by molar-refractivity contribution is 9.10. The number of sulfonamides is 1. The van der Waals surface area contributed by atoms with Crippen molar-refractivity contribution in [1.29, 1.82) is 0 Å². The quantitative estimate of drug-likeness (QED) is 0.831. The highest BCUT2D eigenvalue weighted by atomic mass is 79.9. The second-order valence-electron chi connectivity index (χ2n) is 5.96. The Morgan fingerprint density at radius 1 is 1.38 bits per heavy atom. The Morgan fingerprint density at radius 2 is 2.14 bits per heavy atom. The summed E-state index contributed by atoms with van der Waals surface area (Å²) < 4.78 is 28.3. The normalized spacial score (nSPS) is 23.2. The summed E-state index contributed by atoms with van der Waals surface area (Å²) >= 11 is 3.31. The van der Waals surface area contributed by atoms with Gasteiger partial charge < -0.3 is 5.73 Å². The number of halogens is 1. The van der Waals surface area contributed by atoms with Crippen LogP contribution in [0.2, 0.25) is 0 Å². The van der Waals surface area contributed by atoms with E-state index in [0.717, 1.165) is 18.4 Å². The Morgan fingerprint density at radius 3 is 2.81 bits per heavy atom. The van der Waals surface area contributed by atoms with Crippen LogP contribution in [0, 0.1) is 11.8 Å². The molecule has 1 aliphatic rings. The van der Waals surface area contributed by atoms with Crippen molar-refractivity contribution >= 4 is 26.0 Å². The molecule has 0 radical (unpaired) electrons. The molecule has 0 bridgehead atoms. The Kier molecular flexibility index (Phi) is 5.82. The summed E-state index contributed by atoms with van der Waals surface area (Å²) in [6.45, 7) is 3.09. The number of nitrogens with two attached hydrogens (primary N) is 1. The fraction of sp³-hybridized carbons (Fsp3) is 0.600. The first-order valence-electron chi connectivity index (χ1n) is 7.40. The van der Waals surface area contributed by atoms with E-state index in [0.29, 0.717) is 29.4 Å². The van der Waals surface area contributed by atoms with E-state index in [2.05, 4.69) is 27.6 Å². The molecule has 4 nitrogen and oxygen atoms in total. The van der Waals surface area contributed by atoms with Gasteiger partial charge in [0.05, 0.1) is 4.90 Å². The van der Waals surface area contributed by atoms with Crippen molar-refractivity contribution in [3.8, 4) is 0 Å². The topological polar surface area (TPSA) is 72.2 Å². The van der Waals surface area contributed by atoms with Crippen molar-refractivity contribution in [2.75, 3.05) is 6.54 Å². The average Bonchev–Trinajstić information content (AvgIpc) is 2.46. The average molecular weight is 375 g/mol. The van der Waals surface area contributed by atoms with E-state index in [1.807, 2.05) is 6.07 Å². The van der Waals surface area contributed by atoms with Crippen molar-refractivity contribution < 1.29 is 8.42 Å². The highest BCUT2D eigenvalue weighted by Crippen LogP contribution is 2.29. The number of hydrogen-bond acceptors (Lipinski definition) is 3. The standard InChI is InChI=1S/C15H23BrN2O2S/c1-11-3-2-4-13(7-11)10-18-21(19,20)15-8-12(9-17)5-6-14(15)16/h5-6,8,11,13,18H,2-4,7,9-10,17H2,1H3. The van der Waals surface area contributed by atoms with Gasteiger partial charge in [0.1, 0.15) is 0 Å². The molecular weight excluding hydrogens is 352 g/mol. The van der Waals surface area contributed by atoms with Gasteiger partial charge in [0.25, 0.3) is 0 Å². The summed E-state index contributed by atoms with van der Waals surface area (Å²) in [6.07, 6.45) is 4.66. The van der Waals surface area contributed by atoms with Crippen LogP contribution >= 0.6 is 15.9 Å². The summed E-state index contributed by atoms with van der Waals surface area (Å²) in [5.74, 6) is 1.14. The highest BCUT2D eigenvalue weighted by Gasteiger charge is 2.23.